The molecule has 0 saturated carbocycles. The van der Waals surface area contributed by atoms with Crippen molar-refractivity contribution in [3.63, 3.8) is 0 Å². The number of aromatic nitrogens is 1. The van der Waals surface area contributed by atoms with Gasteiger partial charge in [-0.25, -0.2) is 0 Å². The van der Waals surface area contributed by atoms with E-state index in [0.717, 1.165) is 5.56 Å². The maximum absolute atomic E-state index is 12.7. The first kappa shape index (κ1) is 21.0. The average Bonchev–Trinajstić information content (AvgIpc) is 2.75. The second-order valence-electron chi connectivity index (χ2n) is 7.18. The van der Waals surface area contributed by atoms with Gasteiger partial charge in [-0.3, -0.25) is 14.6 Å². The van der Waals surface area contributed by atoms with Crippen molar-refractivity contribution in [2.24, 2.45) is 0 Å². The van der Waals surface area contributed by atoms with Crippen LogP contribution < -0.4 is 15.4 Å². The zero-order chi connectivity index (χ0) is 21.5. The predicted molar refractivity (Wildman–Crippen MR) is 118 cm³/mol. The smallest absolute Gasteiger partial charge is 0.265 e. The monoisotopic (exact) mass is 403 g/mol. The highest BCUT2D eigenvalue weighted by Gasteiger charge is 2.19. The van der Waals surface area contributed by atoms with Gasteiger partial charge in [-0.05, 0) is 48.7 Å². The average molecular weight is 403 g/mol. The molecule has 0 aliphatic carbocycles. The van der Waals surface area contributed by atoms with Crippen LogP contribution in [-0.2, 0) is 4.79 Å². The highest BCUT2D eigenvalue weighted by atomic mass is 16.5. The van der Waals surface area contributed by atoms with Crippen LogP contribution >= 0.6 is 0 Å². The molecule has 2 aromatic carbocycles. The number of benzene rings is 2. The lowest BCUT2D eigenvalue weighted by atomic mass is 10.0. The first-order valence-corrected chi connectivity index (χ1v) is 9.82. The van der Waals surface area contributed by atoms with E-state index in [1.807, 2.05) is 24.3 Å². The molecular weight excluding hydrogens is 378 g/mol. The molecule has 1 heterocycles. The van der Waals surface area contributed by atoms with Crippen LogP contribution in [0.4, 0.5) is 11.4 Å². The Bertz CT molecular complexity index is 1020. The Balaban J connectivity index is 1.71. The molecule has 1 aromatic heterocycles. The third kappa shape index (κ3) is 5.23. The van der Waals surface area contributed by atoms with Gasteiger partial charge < -0.3 is 15.4 Å². The third-order valence-electron chi connectivity index (χ3n) is 4.57. The zero-order valence-corrected chi connectivity index (χ0v) is 17.3. The van der Waals surface area contributed by atoms with Crippen LogP contribution in [0, 0.1) is 0 Å². The molecule has 3 rings (SSSR count). The van der Waals surface area contributed by atoms with E-state index in [2.05, 4.69) is 29.5 Å². The Morgan fingerprint density at radius 2 is 1.53 bits per heavy atom. The topological polar surface area (TPSA) is 80.3 Å². The number of nitrogens with zero attached hydrogens (tertiary/aromatic N) is 1. The maximum Gasteiger partial charge on any atom is 0.265 e. The fraction of sp³-hybridized carbons (Fsp3) is 0.208. The molecule has 0 aliphatic heterocycles. The summed E-state index contributed by atoms with van der Waals surface area (Å²) in [5, 5.41) is 5.65. The molecule has 1 atom stereocenters. The summed E-state index contributed by atoms with van der Waals surface area (Å²) in [5.41, 5.74) is 2.46. The number of ether oxygens (including phenoxy) is 1. The predicted octanol–water partition coefficient (Wildman–Crippen LogP) is 4.86. The quantitative estimate of drug-likeness (QED) is 0.590. The normalized spacial score (nSPS) is 11.6. The van der Waals surface area contributed by atoms with Gasteiger partial charge in [0.05, 0.1) is 16.9 Å². The molecule has 154 valence electrons. The highest BCUT2D eigenvalue weighted by Crippen LogP contribution is 2.27. The van der Waals surface area contributed by atoms with Gasteiger partial charge in [-0.15, -0.1) is 0 Å². The molecule has 1 unspecified atom stereocenters. The molecule has 0 saturated heterocycles. The number of hydrogen-bond donors (Lipinski definition) is 2. The summed E-state index contributed by atoms with van der Waals surface area (Å²) in [6.45, 7) is 5.85. The molecule has 2 amide bonds. The van der Waals surface area contributed by atoms with Crippen LogP contribution in [0.1, 0.15) is 42.6 Å². The van der Waals surface area contributed by atoms with E-state index in [9.17, 15) is 9.59 Å². The Labute approximate surface area is 176 Å². The van der Waals surface area contributed by atoms with Crippen molar-refractivity contribution in [2.75, 3.05) is 10.6 Å². The molecular formula is C24H25N3O3. The van der Waals surface area contributed by atoms with Gasteiger partial charge in [0, 0.05) is 12.4 Å². The Morgan fingerprint density at radius 1 is 0.867 bits per heavy atom. The number of nitrogens with one attached hydrogen (secondary N) is 2. The summed E-state index contributed by atoms with van der Waals surface area (Å²) in [7, 11) is 0. The second kappa shape index (κ2) is 9.69. The number of pyridine rings is 1. The zero-order valence-electron chi connectivity index (χ0n) is 17.3. The minimum Gasteiger partial charge on any atom is -0.481 e. The Hall–Kier alpha value is -3.67. The van der Waals surface area contributed by atoms with E-state index in [1.165, 1.54) is 6.20 Å². The van der Waals surface area contributed by atoms with Gasteiger partial charge in [0.15, 0.2) is 6.10 Å². The third-order valence-corrected chi connectivity index (χ3v) is 4.57. The molecule has 3 aromatic rings. The van der Waals surface area contributed by atoms with Crippen molar-refractivity contribution < 1.29 is 14.3 Å². The Kier molecular flexibility index (Phi) is 6.80. The van der Waals surface area contributed by atoms with Gasteiger partial charge in [0.2, 0.25) is 0 Å². The summed E-state index contributed by atoms with van der Waals surface area (Å²) in [4.78, 5) is 29.1. The van der Waals surface area contributed by atoms with Gasteiger partial charge in [-0.2, -0.15) is 0 Å². The number of para-hydroxylation sites is 3. The molecule has 0 fully saturated rings. The summed E-state index contributed by atoms with van der Waals surface area (Å²) in [5.74, 6) is 0.352. The number of anilines is 2. The van der Waals surface area contributed by atoms with E-state index >= 15 is 0 Å². The van der Waals surface area contributed by atoms with Crippen LogP contribution in [0.2, 0.25) is 0 Å². The number of amides is 2. The summed E-state index contributed by atoms with van der Waals surface area (Å²) >= 11 is 0. The summed E-state index contributed by atoms with van der Waals surface area (Å²) in [6.07, 6.45) is 2.37. The molecule has 6 nitrogen and oxygen atoms in total. The van der Waals surface area contributed by atoms with E-state index < -0.39 is 6.10 Å². The van der Waals surface area contributed by atoms with Crippen molar-refractivity contribution in [3.05, 3.63) is 84.2 Å². The Morgan fingerprint density at radius 3 is 2.20 bits per heavy atom. The molecule has 0 bridgehead atoms. The van der Waals surface area contributed by atoms with Crippen LogP contribution in [0.15, 0.2) is 73.1 Å². The van der Waals surface area contributed by atoms with Crippen LogP contribution in [0.3, 0.4) is 0 Å². The number of carbonyl (C=O) groups excluding carboxylic acids is 2. The lowest BCUT2D eigenvalue weighted by molar-refractivity contribution is -0.122. The van der Waals surface area contributed by atoms with E-state index in [0.29, 0.717) is 22.7 Å². The first-order chi connectivity index (χ1) is 14.5. The SMILES string of the molecule is CC(Oc1ccccc1C(C)C)C(=O)Nc1ccccc1NC(=O)c1cccnc1. The van der Waals surface area contributed by atoms with Crippen molar-refractivity contribution in [3.8, 4) is 5.75 Å². The standard InChI is InChI=1S/C24H25N3O3/c1-16(2)19-10-4-7-13-22(19)30-17(3)23(28)26-20-11-5-6-12-21(20)27-24(29)18-9-8-14-25-15-18/h4-17H,1-3H3,(H,26,28)(H,27,29). The first-order valence-electron chi connectivity index (χ1n) is 9.82. The number of rotatable bonds is 7. The number of carbonyl (C=O) groups is 2. The largest absolute Gasteiger partial charge is 0.481 e. The van der Waals surface area contributed by atoms with Gasteiger partial charge >= 0.3 is 0 Å². The summed E-state index contributed by atoms with van der Waals surface area (Å²) < 4.78 is 5.92. The van der Waals surface area contributed by atoms with E-state index in [1.54, 1.807) is 49.5 Å². The minimum absolute atomic E-state index is 0.278. The lowest BCUT2D eigenvalue weighted by Gasteiger charge is -2.19. The van der Waals surface area contributed by atoms with E-state index in [4.69, 9.17) is 4.74 Å². The molecule has 2 N–H and O–H groups in total. The van der Waals surface area contributed by atoms with Crippen molar-refractivity contribution in [1.82, 2.24) is 4.98 Å². The minimum atomic E-state index is -0.716. The molecule has 0 spiro atoms. The fourth-order valence-electron chi connectivity index (χ4n) is 2.94. The van der Waals surface area contributed by atoms with Crippen LogP contribution in [0.5, 0.6) is 5.75 Å². The van der Waals surface area contributed by atoms with Gasteiger partial charge in [-0.1, -0.05) is 44.2 Å². The lowest BCUT2D eigenvalue weighted by Crippen LogP contribution is -2.31. The van der Waals surface area contributed by atoms with Gasteiger partial charge in [0.1, 0.15) is 5.75 Å². The van der Waals surface area contributed by atoms with Crippen LogP contribution in [-0.4, -0.2) is 22.9 Å². The van der Waals surface area contributed by atoms with Crippen molar-refractivity contribution >= 4 is 23.2 Å². The molecule has 6 heteroatoms. The number of hydrogen-bond acceptors (Lipinski definition) is 4. The van der Waals surface area contributed by atoms with Crippen molar-refractivity contribution in [1.29, 1.82) is 0 Å². The van der Waals surface area contributed by atoms with E-state index in [-0.39, 0.29) is 17.7 Å². The molecule has 30 heavy (non-hydrogen) atoms. The highest BCUT2D eigenvalue weighted by molar-refractivity contribution is 6.07. The second-order valence-corrected chi connectivity index (χ2v) is 7.18. The molecule has 0 radical (unpaired) electrons. The van der Waals surface area contributed by atoms with Gasteiger partial charge in [0.25, 0.3) is 11.8 Å². The van der Waals surface area contributed by atoms with Crippen molar-refractivity contribution in [2.45, 2.75) is 32.8 Å². The maximum atomic E-state index is 12.7. The fourth-order valence-corrected chi connectivity index (χ4v) is 2.94. The molecule has 0 aliphatic rings. The van der Waals surface area contributed by atoms with Crippen LogP contribution in [0.25, 0.3) is 0 Å². The summed E-state index contributed by atoms with van der Waals surface area (Å²) in [6, 6.07) is 18.1.